The van der Waals surface area contributed by atoms with Crippen molar-refractivity contribution in [1.29, 1.82) is 0 Å². The van der Waals surface area contributed by atoms with Crippen LogP contribution in [0, 0.1) is 13.8 Å². The number of carbonyl (C=O) groups excluding carboxylic acids is 1. The van der Waals surface area contributed by atoms with Gasteiger partial charge in [-0.15, -0.1) is 0 Å². The maximum absolute atomic E-state index is 12.3. The highest BCUT2D eigenvalue weighted by Crippen LogP contribution is 2.20. The van der Waals surface area contributed by atoms with Crippen LogP contribution in [0.2, 0.25) is 5.02 Å². The second kappa shape index (κ2) is 9.23. The van der Waals surface area contributed by atoms with Gasteiger partial charge in [0.15, 0.2) is 6.61 Å². The lowest BCUT2D eigenvalue weighted by Gasteiger charge is -2.13. The number of aryl methyl sites for hydroxylation is 2. The fourth-order valence-electron chi connectivity index (χ4n) is 3.49. The average Bonchev–Trinajstić information content (AvgIpc) is 3.12. The first-order valence-corrected chi connectivity index (χ1v) is 10.5. The summed E-state index contributed by atoms with van der Waals surface area (Å²) >= 11 is 5.87. The summed E-state index contributed by atoms with van der Waals surface area (Å²) in [6.07, 6.45) is 0. The van der Waals surface area contributed by atoms with E-state index in [1.165, 1.54) is 16.7 Å². The van der Waals surface area contributed by atoms with Crippen molar-refractivity contribution < 1.29 is 9.53 Å². The molecule has 1 amide bonds. The number of benzene rings is 3. The van der Waals surface area contributed by atoms with Gasteiger partial charge < -0.3 is 14.6 Å². The number of ether oxygens (including phenoxy) is 1. The maximum atomic E-state index is 12.3. The van der Waals surface area contributed by atoms with Crippen molar-refractivity contribution in [2.45, 2.75) is 26.9 Å². The first-order chi connectivity index (χ1) is 15.0. The fourth-order valence-corrected chi connectivity index (χ4v) is 3.61. The van der Waals surface area contributed by atoms with E-state index in [1.54, 1.807) is 24.3 Å². The summed E-state index contributed by atoms with van der Waals surface area (Å²) in [5.74, 6) is 1.20. The van der Waals surface area contributed by atoms with Crippen LogP contribution in [0.1, 0.15) is 22.5 Å². The minimum Gasteiger partial charge on any atom is -0.484 e. The highest BCUT2D eigenvalue weighted by Gasteiger charge is 2.13. The van der Waals surface area contributed by atoms with Gasteiger partial charge in [0.1, 0.15) is 11.6 Å². The number of hydrogen-bond acceptors (Lipinski definition) is 3. The van der Waals surface area contributed by atoms with E-state index in [-0.39, 0.29) is 12.5 Å². The molecular formula is C25H24ClN3O2. The number of para-hydroxylation sites is 2. The van der Waals surface area contributed by atoms with Gasteiger partial charge >= 0.3 is 0 Å². The van der Waals surface area contributed by atoms with Crippen LogP contribution in [0.3, 0.4) is 0 Å². The molecule has 0 aliphatic heterocycles. The first kappa shape index (κ1) is 20.9. The SMILES string of the molecule is Cc1ccc(C)c(Cn2c(CNC(=O)COc3ccc(Cl)cc3)nc3ccccc32)c1. The molecular weight excluding hydrogens is 410 g/mol. The minimum absolute atomic E-state index is 0.0706. The normalized spacial score (nSPS) is 10.9. The number of carbonyl (C=O) groups is 1. The Kier molecular flexibility index (Phi) is 6.23. The lowest BCUT2D eigenvalue weighted by molar-refractivity contribution is -0.123. The second-order valence-corrected chi connectivity index (χ2v) is 7.99. The maximum Gasteiger partial charge on any atom is 0.258 e. The third kappa shape index (κ3) is 5.06. The van der Waals surface area contributed by atoms with E-state index in [2.05, 4.69) is 48.0 Å². The summed E-state index contributed by atoms with van der Waals surface area (Å²) in [6, 6.07) is 21.4. The minimum atomic E-state index is -0.208. The molecule has 31 heavy (non-hydrogen) atoms. The number of fused-ring (bicyclic) bond motifs is 1. The van der Waals surface area contributed by atoms with Gasteiger partial charge in [0.05, 0.1) is 17.6 Å². The van der Waals surface area contributed by atoms with Crippen molar-refractivity contribution in [1.82, 2.24) is 14.9 Å². The van der Waals surface area contributed by atoms with E-state index >= 15 is 0 Å². The molecule has 0 fully saturated rings. The molecule has 0 aliphatic rings. The molecule has 4 rings (SSSR count). The zero-order valence-electron chi connectivity index (χ0n) is 17.6. The first-order valence-electron chi connectivity index (χ1n) is 10.1. The lowest BCUT2D eigenvalue weighted by atomic mass is 10.1. The van der Waals surface area contributed by atoms with Gasteiger partial charge in [-0.05, 0) is 61.4 Å². The monoisotopic (exact) mass is 433 g/mol. The van der Waals surface area contributed by atoms with Crippen LogP contribution in [0.5, 0.6) is 5.75 Å². The van der Waals surface area contributed by atoms with Gasteiger partial charge in [-0.1, -0.05) is 47.5 Å². The molecule has 0 radical (unpaired) electrons. The van der Waals surface area contributed by atoms with Gasteiger partial charge in [0, 0.05) is 11.6 Å². The van der Waals surface area contributed by atoms with Crippen molar-refractivity contribution in [3.8, 4) is 5.75 Å². The molecule has 4 aromatic rings. The van der Waals surface area contributed by atoms with Gasteiger partial charge in [-0.2, -0.15) is 0 Å². The number of rotatable bonds is 7. The van der Waals surface area contributed by atoms with E-state index in [0.717, 1.165) is 16.9 Å². The van der Waals surface area contributed by atoms with Gasteiger partial charge in [-0.25, -0.2) is 4.98 Å². The van der Waals surface area contributed by atoms with Crippen LogP contribution in [-0.4, -0.2) is 22.1 Å². The predicted molar refractivity (Wildman–Crippen MR) is 124 cm³/mol. The summed E-state index contributed by atoms with van der Waals surface area (Å²) in [6.45, 7) is 5.15. The molecule has 0 atom stereocenters. The van der Waals surface area contributed by atoms with Crippen LogP contribution in [0.15, 0.2) is 66.7 Å². The molecule has 0 spiro atoms. The zero-order valence-corrected chi connectivity index (χ0v) is 18.3. The molecule has 5 nitrogen and oxygen atoms in total. The summed E-state index contributed by atoms with van der Waals surface area (Å²) in [4.78, 5) is 17.1. The third-order valence-electron chi connectivity index (χ3n) is 5.19. The molecule has 0 bridgehead atoms. The number of imidazole rings is 1. The second-order valence-electron chi connectivity index (χ2n) is 7.55. The number of hydrogen-bond donors (Lipinski definition) is 1. The highest BCUT2D eigenvalue weighted by molar-refractivity contribution is 6.30. The van der Waals surface area contributed by atoms with E-state index in [1.807, 2.05) is 18.2 Å². The van der Waals surface area contributed by atoms with Crippen LogP contribution in [0.25, 0.3) is 11.0 Å². The topological polar surface area (TPSA) is 56.2 Å². The molecule has 1 N–H and O–H groups in total. The number of aromatic nitrogens is 2. The molecule has 0 saturated carbocycles. The quantitative estimate of drug-likeness (QED) is 0.443. The lowest BCUT2D eigenvalue weighted by Crippen LogP contribution is -2.29. The molecule has 1 aromatic heterocycles. The Bertz CT molecular complexity index is 1220. The van der Waals surface area contributed by atoms with Crippen LogP contribution >= 0.6 is 11.6 Å². The molecule has 3 aromatic carbocycles. The highest BCUT2D eigenvalue weighted by atomic mass is 35.5. The Balaban J connectivity index is 1.49. The largest absolute Gasteiger partial charge is 0.484 e. The standard InChI is InChI=1S/C25H24ClN3O2/c1-17-7-8-18(2)19(13-17)15-29-23-6-4-3-5-22(23)28-24(29)14-27-25(30)16-31-21-11-9-20(26)10-12-21/h3-13H,14-16H2,1-2H3,(H,27,30). The average molecular weight is 434 g/mol. The van der Waals surface area contributed by atoms with Gasteiger partial charge in [0.25, 0.3) is 5.91 Å². The van der Waals surface area contributed by atoms with Crippen LogP contribution < -0.4 is 10.1 Å². The summed E-state index contributed by atoms with van der Waals surface area (Å²) in [5.41, 5.74) is 5.65. The Morgan fingerprint density at radius 1 is 1.06 bits per heavy atom. The van der Waals surface area contributed by atoms with Crippen molar-refractivity contribution in [2.75, 3.05) is 6.61 Å². The van der Waals surface area contributed by atoms with Crippen LogP contribution in [-0.2, 0) is 17.9 Å². The van der Waals surface area contributed by atoms with E-state index in [0.29, 0.717) is 23.9 Å². The molecule has 158 valence electrons. The molecule has 6 heteroatoms. The summed E-state index contributed by atoms with van der Waals surface area (Å²) in [5, 5.41) is 3.54. The van der Waals surface area contributed by atoms with Crippen molar-refractivity contribution in [2.24, 2.45) is 0 Å². The van der Waals surface area contributed by atoms with Crippen molar-refractivity contribution in [3.05, 3.63) is 94.3 Å². The Morgan fingerprint density at radius 2 is 1.84 bits per heavy atom. The van der Waals surface area contributed by atoms with E-state index in [4.69, 9.17) is 21.3 Å². The Labute approximate surface area is 186 Å². The van der Waals surface area contributed by atoms with E-state index < -0.39 is 0 Å². The summed E-state index contributed by atoms with van der Waals surface area (Å²) in [7, 11) is 0. The Morgan fingerprint density at radius 3 is 2.65 bits per heavy atom. The number of amides is 1. The van der Waals surface area contributed by atoms with Gasteiger partial charge in [0.2, 0.25) is 0 Å². The Hall–Kier alpha value is -3.31. The summed E-state index contributed by atoms with van der Waals surface area (Å²) < 4.78 is 7.69. The number of nitrogens with one attached hydrogen (secondary N) is 1. The van der Waals surface area contributed by atoms with Crippen molar-refractivity contribution >= 4 is 28.5 Å². The smallest absolute Gasteiger partial charge is 0.258 e. The zero-order chi connectivity index (χ0) is 21.8. The van der Waals surface area contributed by atoms with Gasteiger partial charge in [-0.3, -0.25) is 4.79 Å². The molecule has 0 aliphatic carbocycles. The fraction of sp³-hybridized carbons (Fsp3) is 0.200. The molecule has 0 unspecified atom stereocenters. The van der Waals surface area contributed by atoms with Crippen molar-refractivity contribution in [3.63, 3.8) is 0 Å². The van der Waals surface area contributed by atoms with Crippen LogP contribution in [0.4, 0.5) is 0 Å². The van der Waals surface area contributed by atoms with E-state index in [9.17, 15) is 4.79 Å². The number of nitrogens with zero attached hydrogens (tertiary/aromatic N) is 2. The third-order valence-corrected chi connectivity index (χ3v) is 5.45. The number of halogens is 1. The predicted octanol–water partition coefficient (Wildman–Crippen LogP) is 5.05. The molecule has 0 saturated heterocycles. The molecule has 1 heterocycles.